The van der Waals surface area contributed by atoms with Crippen LogP contribution in [0.5, 0.6) is 5.75 Å². The van der Waals surface area contributed by atoms with Crippen molar-refractivity contribution in [1.29, 1.82) is 0 Å². The van der Waals surface area contributed by atoms with E-state index in [1.807, 2.05) is 35.0 Å². The summed E-state index contributed by atoms with van der Waals surface area (Å²) in [7, 11) is 1.79. The third-order valence-electron chi connectivity index (χ3n) is 4.22. The smallest absolute Gasteiger partial charge is 0.416 e. The summed E-state index contributed by atoms with van der Waals surface area (Å²) in [6.07, 6.45) is -0.524. The van der Waals surface area contributed by atoms with E-state index in [0.29, 0.717) is 16.7 Å². The highest BCUT2D eigenvalue weighted by molar-refractivity contribution is 7.98. The Bertz CT molecular complexity index is 1110. The van der Waals surface area contributed by atoms with Crippen LogP contribution < -0.4 is 4.74 Å². The molecule has 0 atom stereocenters. The van der Waals surface area contributed by atoms with E-state index in [2.05, 4.69) is 15.2 Å². The molecule has 4 aromatic rings. The standard InChI is InChI=1S/C19H16F3N5OS/c1-26-17(11-28-15-6-4-5-13(9-15)19(20,21)22)24-25-18(26)29-12-14-10-27-8-3-2-7-16(27)23-14/h2-10H,11-12H2,1H3. The van der Waals surface area contributed by atoms with Crippen LogP contribution >= 0.6 is 11.8 Å². The molecule has 0 bridgehead atoms. The first kappa shape index (κ1) is 19.3. The predicted molar refractivity (Wildman–Crippen MR) is 102 cm³/mol. The normalized spacial score (nSPS) is 11.9. The summed E-state index contributed by atoms with van der Waals surface area (Å²) in [6.45, 7) is 0.0136. The van der Waals surface area contributed by atoms with Gasteiger partial charge in [-0.05, 0) is 30.3 Å². The van der Waals surface area contributed by atoms with Crippen LogP contribution in [-0.2, 0) is 25.6 Å². The predicted octanol–water partition coefficient (Wildman–Crippen LogP) is 4.35. The van der Waals surface area contributed by atoms with Crippen molar-refractivity contribution < 1.29 is 17.9 Å². The maximum absolute atomic E-state index is 12.8. The molecule has 0 fully saturated rings. The zero-order chi connectivity index (χ0) is 20.4. The molecule has 6 nitrogen and oxygen atoms in total. The summed E-state index contributed by atoms with van der Waals surface area (Å²) in [5, 5.41) is 8.88. The van der Waals surface area contributed by atoms with Crippen molar-refractivity contribution in [2.75, 3.05) is 0 Å². The van der Waals surface area contributed by atoms with E-state index < -0.39 is 11.7 Å². The number of rotatable bonds is 6. The number of hydrogen-bond acceptors (Lipinski definition) is 5. The van der Waals surface area contributed by atoms with Crippen LogP contribution in [0.4, 0.5) is 13.2 Å². The average Bonchev–Trinajstić information content (AvgIpc) is 3.27. The van der Waals surface area contributed by atoms with Crippen molar-refractivity contribution in [2.24, 2.45) is 7.05 Å². The molecule has 0 radical (unpaired) electrons. The van der Waals surface area contributed by atoms with E-state index in [-0.39, 0.29) is 12.4 Å². The van der Waals surface area contributed by atoms with E-state index in [4.69, 9.17) is 4.74 Å². The quantitative estimate of drug-likeness (QED) is 0.435. The molecule has 4 rings (SSSR count). The Morgan fingerprint density at radius 1 is 1.10 bits per heavy atom. The molecule has 10 heteroatoms. The molecule has 150 valence electrons. The highest BCUT2D eigenvalue weighted by Gasteiger charge is 2.30. The maximum Gasteiger partial charge on any atom is 0.416 e. The van der Waals surface area contributed by atoms with Crippen LogP contribution in [0.2, 0.25) is 0 Å². The fraction of sp³-hybridized carbons (Fsp3) is 0.211. The van der Waals surface area contributed by atoms with Crippen molar-refractivity contribution in [3.63, 3.8) is 0 Å². The molecular weight excluding hydrogens is 403 g/mol. The number of aromatic nitrogens is 5. The van der Waals surface area contributed by atoms with Gasteiger partial charge in [0.25, 0.3) is 0 Å². The van der Waals surface area contributed by atoms with Gasteiger partial charge in [0.05, 0.1) is 11.3 Å². The van der Waals surface area contributed by atoms with E-state index in [0.717, 1.165) is 23.5 Å². The van der Waals surface area contributed by atoms with Crippen molar-refractivity contribution in [3.05, 3.63) is 71.9 Å². The monoisotopic (exact) mass is 419 g/mol. The largest absolute Gasteiger partial charge is 0.486 e. The summed E-state index contributed by atoms with van der Waals surface area (Å²) in [5.41, 5.74) is 1.03. The van der Waals surface area contributed by atoms with Crippen LogP contribution in [0, 0.1) is 0 Å². The number of imidazole rings is 1. The molecule has 0 aliphatic rings. The minimum absolute atomic E-state index is 0.0136. The average molecular weight is 419 g/mol. The molecule has 0 unspecified atom stereocenters. The highest BCUT2D eigenvalue weighted by atomic mass is 32.2. The summed E-state index contributed by atoms with van der Waals surface area (Å²) in [6, 6.07) is 10.6. The van der Waals surface area contributed by atoms with E-state index in [1.54, 1.807) is 11.6 Å². The number of thioether (sulfide) groups is 1. The number of halogens is 3. The summed E-state index contributed by atoms with van der Waals surface area (Å²) < 4.78 is 47.6. The second-order valence-electron chi connectivity index (χ2n) is 6.26. The molecule has 3 aromatic heterocycles. The molecule has 3 heterocycles. The van der Waals surface area contributed by atoms with Crippen molar-refractivity contribution in [3.8, 4) is 5.75 Å². The topological polar surface area (TPSA) is 57.2 Å². The zero-order valence-electron chi connectivity index (χ0n) is 15.3. The molecule has 0 saturated carbocycles. The lowest BCUT2D eigenvalue weighted by molar-refractivity contribution is -0.137. The van der Waals surface area contributed by atoms with Crippen LogP contribution in [0.25, 0.3) is 5.65 Å². The van der Waals surface area contributed by atoms with Crippen molar-refractivity contribution >= 4 is 17.4 Å². The van der Waals surface area contributed by atoms with E-state index in [9.17, 15) is 13.2 Å². The van der Waals surface area contributed by atoms with Gasteiger partial charge < -0.3 is 13.7 Å². The van der Waals surface area contributed by atoms with Crippen LogP contribution in [0.1, 0.15) is 17.1 Å². The minimum Gasteiger partial charge on any atom is -0.486 e. The molecule has 1 aromatic carbocycles. The lowest BCUT2D eigenvalue weighted by Crippen LogP contribution is -2.07. The van der Waals surface area contributed by atoms with Crippen LogP contribution in [-0.4, -0.2) is 24.1 Å². The van der Waals surface area contributed by atoms with Crippen molar-refractivity contribution in [1.82, 2.24) is 24.1 Å². The Hall–Kier alpha value is -3.01. The first-order chi connectivity index (χ1) is 13.9. The molecule has 0 aliphatic heterocycles. The number of pyridine rings is 1. The van der Waals surface area contributed by atoms with Gasteiger partial charge >= 0.3 is 6.18 Å². The first-order valence-electron chi connectivity index (χ1n) is 8.64. The lowest BCUT2D eigenvalue weighted by atomic mass is 10.2. The van der Waals surface area contributed by atoms with Gasteiger partial charge in [0.1, 0.15) is 18.0 Å². The molecule has 0 spiro atoms. The lowest BCUT2D eigenvalue weighted by Gasteiger charge is -2.10. The number of hydrogen-bond donors (Lipinski definition) is 0. The second kappa shape index (κ2) is 7.78. The van der Waals surface area contributed by atoms with E-state index in [1.165, 1.54) is 23.9 Å². The Labute approximate surface area is 168 Å². The molecule has 29 heavy (non-hydrogen) atoms. The van der Waals surface area contributed by atoms with Gasteiger partial charge in [0.15, 0.2) is 11.0 Å². The second-order valence-corrected chi connectivity index (χ2v) is 7.20. The number of fused-ring (bicyclic) bond motifs is 1. The minimum atomic E-state index is -4.41. The van der Waals surface area contributed by atoms with Gasteiger partial charge in [0.2, 0.25) is 0 Å². The molecule has 0 N–H and O–H groups in total. The summed E-state index contributed by atoms with van der Waals surface area (Å²) >= 11 is 1.47. The first-order valence-corrected chi connectivity index (χ1v) is 9.62. The molecule has 0 saturated heterocycles. The van der Waals surface area contributed by atoms with Gasteiger partial charge in [-0.25, -0.2) is 4.98 Å². The number of benzene rings is 1. The number of alkyl halides is 3. The Kier molecular flexibility index (Phi) is 5.18. The SMILES string of the molecule is Cn1c(COc2cccc(C(F)(F)F)c2)nnc1SCc1cn2ccccc2n1. The fourth-order valence-electron chi connectivity index (χ4n) is 2.70. The highest BCUT2D eigenvalue weighted by Crippen LogP contribution is 2.31. The van der Waals surface area contributed by atoms with Crippen LogP contribution in [0.15, 0.2) is 60.0 Å². The van der Waals surface area contributed by atoms with Crippen LogP contribution in [0.3, 0.4) is 0 Å². The summed E-state index contributed by atoms with van der Waals surface area (Å²) in [4.78, 5) is 4.54. The Balaban J connectivity index is 1.39. The van der Waals surface area contributed by atoms with E-state index >= 15 is 0 Å². The Morgan fingerprint density at radius 2 is 1.97 bits per heavy atom. The Morgan fingerprint density at radius 3 is 2.76 bits per heavy atom. The number of nitrogens with zero attached hydrogens (tertiary/aromatic N) is 5. The molecular formula is C19H16F3N5OS. The van der Waals surface area contributed by atoms with Gasteiger partial charge in [-0.2, -0.15) is 13.2 Å². The number of ether oxygens (including phenoxy) is 1. The molecule has 0 amide bonds. The van der Waals surface area contributed by atoms with Gasteiger partial charge in [-0.15, -0.1) is 10.2 Å². The zero-order valence-corrected chi connectivity index (χ0v) is 16.1. The van der Waals surface area contributed by atoms with Crippen molar-refractivity contribution in [2.45, 2.75) is 23.7 Å². The van der Waals surface area contributed by atoms with Gasteiger partial charge in [0, 0.05) is 25.2 Å². The van der Waals surface area contributed by atoms with Gasteiger partial charge in [-0.3, -0.25) is 0 Å². The maximum atomic E-state index is 12.8. The van der Waals surface area contributed by atoms with Gasteiger partial charge in [-0.1, -0.05) is 23.9 Å². The third kappa shape index (κ3) is 4.37. The summed E-state index contributed by atoms with van der Waals surface area (Å²) in [5.74, 6) is 1.25. The fourth-order valence-corrected chi connectivity index (χ4v) is 3.52. The third-order valence-corrected chi connectivity index (χ3v) is 5.27. The molecule has 0 aliphatic carbocycles.